The summed E-state index contributed by atoms with van der Waals surface area (Å²) < 4.78 is 5.50. The van der Waals surface area contributed by atoms with Gasteiger partial charge in [-0.15, -0.1) is 0 Å². The summed E-state index contributed by atoms with van der Waals surface area (Å²) in [6, 6.07) is 12.4. The van der Waals surface area contributed by atoms with Gasteiger partial charge in [0.15, 0.2) is 0 Å². The monoisotopic (exact) mass is 393 g/mol. The molecule has 152 valence electrons. The Bertz CT molecular complexity index is 959. The summed E-state index contributed by atoms with van der Waals surface area (Å²) in [4.78, 5) is 27.2. The highest BCUT2D eigenvalue weighted by Gasteiger charge is 2.45. The molecular weight excluding hydrogens is 366 g/mol. The van der Waals surface area contributed by atoms with E-state index in [9.17, 15) is 14.7 Å². The number of hydrogen-bond acceptors (Lipinski definition) is 4. The predicted molar refractivity (Wildman–Crippen MR) is 113 cm³/mol. The Morgan fingerprint density at radius 2 is 1.76 bits per heavy atom. The van der Waals surface area contributed by atoms with Crippen molar-refractivity contribution in [1.29, 1.82) is 0 Å². The Kier molecular flexibility index (Phi) is 6.06. The quantitative estimate of drug-likeness (QED) is 0.445. The first-order valence-corrected chi connectivity index (χ1v) is 9.97. The van der Waals surface area contributed by atoms with Gasteiger partial charge in [-0.05, 0) is 56.5 Å². The minimum Gasteiger partial charge on any atom is -0.507 e. The van der Waals surface area contributed by atoms with Crippen LogP contribution in [0.3, 0.4) is 0 Å². The fourth-order valence-corrected chi connectivity index (χ4v) is 3.75. The highest BCUT2D eigenvalue weighted by atomic mass is 16.5. The Morgan fingerprint density at radius 1 is 1.07 bits per heavy atom. The number of ether oxygens (including phenoxy) is 1. The predicted octanol–water partition coefficient (Wildman–Crippen LogP) is 4.53. The fourth-order valence-electron chi connectivity index (χ4n) is 3.75. The molecule has 0 bridgehead atoms. The van der Waals surface area contributed by atoms with Gasteiger partial charge in [-0.3, -0.25) is 9.59 Å². The van der Waals surface area contributed by atoms with Gasteiger partial charge in [0.05, 0.1) is 18.2 Å². The minimum absolute atomic E-state index is 0.123. The second-order valence-electron chi connectivity index (χ2n) is 7.31. The number of carbonyl (C=O) groups excluding carboxylic acids is 2. The number of Topliss-reactive ketones (excluding diaryl/α,β-unsaturated/α-hetero) is 1. The van der Waals surface area contributed by atoms with Crippen LogP contribution in [0.5, 0.6) is 5.75 Å². The van der Waals surface area contributed by atoms with Crippen LogP contribution in [0.15, 0.2) is 48.0 Å². The van der Waals surface area contributed by atoms with Crippen molar-refractivity contribution in [3.05, 3.63) is 70.3 Å². The van der Waals surface area contributed by atoms with E-state index in [1.54, 1.807) is 4.90 Å². The van der Waals surface area contributed by atoms with Crippen molar-refractivity contribution in [3.8, 4) is 5.75 Å². The van der Waals surface area contributed by atoms with Gasteiger partial charge in [0.1, 0.15) is 11.5 Å². The van der Waals surface area contributed by atoms with Gasteiger partial charge >= 0.3 is 0 Å². The maximum absolute atomic E-state index is 12.9. The molecule has 0 aromatic heterocycles. The number of rotatable bonds is 6. The maximum Gasteiger partial charge on any atom is 0.295 e. The number of aryl methyl sites for hydroxylation is 2. The zero-order chi connectivity index (χ0) is 21.1. The van der Waals surface area contributed by atoms with Crippen molar-refractivity contribution in [2.75, 3.05) is 13.2 Å². The molecule has 1 heterocycles. The number of nitrogens with zero attached hydrogens (tertiary/aromatic N) is 1. The van der Waals surface area contributed by atoms with E-state index < -0.39 is 17.7 Å². The molecule has 2 aromatic rings. The van der Waals surface area contributed by atoms with Crippen molar-refractivity contribution >= 4 is 17.4 Å². The average Bonchev–Trinajstić information content (AvgIpc) is 2.95. The molecule has 0 saturated carbocycles. The fraction of sp³-hybridized carbons (Fsp3) is 0.333. The number of carbonyl (C=O) groups is 2. The second-order valence-corrected chi connectivity index (χ2v) is 7.31. The number of amides is 1. The molecule has 1 aliphatic heterocycles. The molecule has 0 radical (unpaired) electrons. The summed E-state index contributed by atoms with van der Waals surface area (Å²) >= 11 is 0. The maximum atomic E-state index is 12.9. The lowest BCUT2D eigenvalue weighted by Crippen LogP contribution is -2.30. The van der Waals surface area contributed by atoms with Gasteiger partial charge in [-0.25, -0.2) is 0 Å². The van der Waals surface area contributed by atoms with Gasteiger partial charge in [0.25, 0.3) is 11.7 Å². The molecule has 0 spiro atoms. The number of hydrogen-bond donors (Lipinski definition) is 1. The van der Waals surface area contributed by atoms with E-state index >= 15 is 0 Å². The largest absolute Gasteiger partial charge is 0.507 e. The lowest BCUT2D eigenvalue weighted by Gasteiger charge is -2.25. The zero-order valence-electron chi connectivity index (χ0n) is 17.4. The first-order chi connectivity index (χ1) is 13.9. The van der Waals surface area contributed by atoms with Gasteiger partial charge in [-0.2, -0.15) is 0 Å². The van der Waals surface area contributed by atoms with E-state index in [4.69, 9.17) is 4.74 Å². The molecule has 1 unspecified atom stereocenters. The molecule has 5 nitrogen and oxygen atoms in total. The Morgan fingerprint density at radius 3 is 2.38 bits per heavy atom. The summed E-state index contributed by atoms with van der Waals surface area (Å²) in [5, 5.41) is 11.1. The standard InChI is InChI=1S/C24H27NO4/c1-5-13-25-21(17-9-11-18(12-10-17)29-6-2)20(23(27)24(25)28)22(26)19-14-15(3)7-8-16(19)4/h7-12,14,21,26H,5-6,13H2,1-4H3/b22-20+. The Hall–Kier alpha value is -3.08. The van der Waals surface area contributed by atoms with Crippen LogP contribution >= 0.6 is 0 Å². The molecule has 5 heteroatoms. The lowest BCUT2D eigenvalue weighted by atomic mass is 9.93. The lowest BCUT2D eigenvalue weighted by molar-refractivity contribution is -0.139. The van der Waals surface area contributed by atoms with E-state index in [2.05, 4.69) is 0 Å². The van der Waals surface area contributed by atoms with Crippen molar-refractivity contribution in [2.45, 2.75) is 40.2 Å². The number of ketones is 1. The third kappa shape index (κ3) is 3.90. The van der Waals surface area contributed by atoms with Crippen molar-refractivity contribution in [1.82, 2.24) is 4.90 Å². The highest BCUT2D eigenvalue weighted by molar-refractivity contribution is 6.46. The van der Waals surface area contributed by atoms with Crippen molar-refractivity contribution in [3.63, 3.8) is 0 Å². The molecule has 1 fully saturated rings. The molecule has 3 rings (SSSR count). The third-order valence-electron chi connectivity index (χ3n) is 5.16. The van der Waals surface area contributed by atoms with Crippen molar-refractivity contribution < 1.29 is 19.4 Å². The number of benzene rings is 2. The highest BCUT2D eigenvalue weighted by Crippen LogP contribution is 2.40. The van der Waals surface area contributed by atoms with Gasteiger partial charge in [-0.1, -0.05) is 36.8 Å². The SMILES string of the molecule is CCCN1C(=O)C(=O)/C(=C(/O)c2cc(C)ccc2C)C1c1ccc(OCC)cc1. The van der Waals surface area contributed by atoms with E-state index in [0.29, 0.717) is 25.1 Å². The summed E-state index contributed by atoms with van der Waals surface area (Å²) in [6.07, 6.45) is 0.712. The topological polar surface area (TPSA) is 66.8 Å². The summed E-state index contributed by atoms with van der Waals surface area (Å²) in [6.45, 7) is 8.66. The molecule has 2 aromatic carbocycles. The van der Waals surface area contributed by atoms with E-state index in [0.717, 1.165) is 22.4 Å². The summed E-state index contributed by atoms with van der Waals surface area (Å²) in [7, 11) is 0. The van der Waals surface area contributed by atoms with Crippen LogP contribution in [0.4, 0.5) is 0 Å². The van der Waals surface area contributed by atoms with Crippen LogP contribution in [0.2, 0.25) is 0 Å². The Balaban J connectivity index is 2.17. The smallest absolute Gasteiger partial charge is 0.295 e. The van der Waals surface area contributed by atoms with E-state index in [1.165, 1.54) is 0 Å². The van der Waals surface area contributed by atoms with Crippen LogP contribution in [0, 0.1) is 13.8 Å². The molecule has 1 saturated heterocycles. The molecule has 1 aliphatic rings. The van der Waals surface area contributed by atoms with Crippen LogP contribution in [-0.2, 0) is 9.59 Å². The number of likely N-dealkylation sites (tertiary alicyclic amines) is 1. The zero-order valence-corrected chi connectivity index (χ0v) is 17.4. The second kappa shape index (κ2) is 8.52. The number of aliphatic hydroxyl groups is 1. The number of aliphatic hydroxyl groups excluding tert-OH is 1. The molecule has 1 N–H and O–H groups in total. The van der Waals surface area contributed by atoms with E-state index in [1.807, 2.05) is 70.2 Å². The average molecular weight is 393 g/mol. The molecule has 1 atom stereocenters. The van der Waals surface area contributed by atoms with Crippen LogP contribution < -0.4 is 4.74 Å². The molecule has 0 aliphatic carbocycles. The normalized spacial score (nSPS) is 18.3. The van der Waals surface area contributed by atoms with Gasteiger partial charge < -0.3 is 14.7 Å². The van der Waals surface area contributed by atoms with Crippen LogP contribution in [0.1, 0.15) is 48.6 Å². The molecule has 29 heavy (non-hydrogen) atoms. The minimum atomic E-state index is -0.643. The van der Waals surface area contributed by atoms with Crippen molar-refractivity contribution in [2.24, 2.45) is 0 Å². The summed E-state index contributed by atoms with van der Waals surface area (Å²) in [5.74, 6) is -0.617. The molecule has 1 amide bonds. The summed E-state index contributed by atoms with van der Waals surface area (Å²) in [5.41, 5.74) is 3.31. The van der Waals surface area contributed by atoms with Gasteiger partial charge in [0, 0.05) is 12.1 Å². The van der Waals surface area contributed by atoms with Crippen LogP contribution in [0.25, 0.3) is 5.76 Å². The first-order valence-electron chi connectivity index (χ1n) is 9.97. The van der Waals surface area contributed by atoms with E-state index in [-0.39, 0.29) is 11.3 Å². The third-order valence-corrected chi connectivity index (χ3v) is 5.16. The molecular formula is C24H27NO4. The van der Waals surface area contributed by atoms with Gasteiger partial charge in [0.2, 0.25) is 0 Å². The first kappa shape index (κ1) is 20.6. The van der Waals surface area contributed by atoms with Crippen LogP contribution in [-0.4, -0.2) is 34.8 Å². The Labute approximate surface area is 171 Å².